The molecule has 1 aromatic carbocycles. The van der Waals surface area contributed by atoms with Gasteiger partial charge in [-0.1, -0.05) is 6.07 Å². The van der Waals surface area contributed by atoms with Crippen LogP contribution < -0.4 is 4.90 Å². The van der Waals surface area contributed by atoms with Crippen molar-refractivity contribution < 1.29 is 42.9 Å². The summed E-state index contributed by atoms with van der Waals surface area (Å²) >= 11 is 0. The Kier molecular flexibility index (Phi) is 9.45. The van der Waals surface area contributed by atoms with Gasteiger partial charge in [0.15, 0.2) is 6.10 Å². The van der Waals surface area contributed by atoms with Crippen LogP contribution in [0.2, 0.25) is 0 Å². The average Bonchev–Trinajstić information content (AvgIpc) is 2.86. The van der Waals surface area contributed by atoms with Crippen molar-refractivity contribution in [1.29, 1.82) is 0 Å². The maximum atomic E-state index is 13.4. The minimum absolute atomic E-state index is 0.0586. The van der Waals surface area contributed by atoms with E-state index < -0.39 is 41.6 Å². The fourth-order valence-electron chi connectivity index (χ4n) is 4.07. The van der Waals surface area contributed by atoms with Crippen molar-refractivity contribution in [2.24, 2.45) is 0 Å². The number of rotatable bonds is 7. The molecule has 0 aromatic heterocycles. The van der Waals surface area contributed by atoms with Crippen molar-refractivity contribution >= 4 is 35.3 Å². The predicted molar refractivity (Wildman–Crippen MR) is 134 cm³/mol. The lowest BCUT2D eigenvalue weighted by Gasteiger charge is -2.35. The molecule has 0 bridgehead atoms. The molecule has 2 heterocycles. The highest BCUT2D eigenvalue weighted by Crippen LogP contribution is 2.24. The summed E-state index contributed by atoms with van der Waals surface area (Å²) in [4.78, 5) is 67.8. The summed E-state index contributed by atoms with van der Waals surface area (Å²) in [5, 5.41) is 0. The van der Waals surface area contributed by atoms with Gasteiger partial charge >= 0.3 is 11.9 Å². The molecule has 0 saturated carbocycles. The number of esters is 2. The molecule has 38 heavy (non-hydrogen) atoms. The molecule has 0 N–H and O–H groups in total. The number of anilines is 1. The highest BCUT2D eigenvalue weighted by atomic mass is 16.6. The van der Waals surface area contributed by atoms with Crippen molar-refractivity contribution in [3.63, 3.8) is 0 Å². The van der Waals surface area contributed by atoms with E-state index >= 15 is 0 Å². The van der Waals surface area contributed by atoms with Crippen LogP contribution >= 0.6 is 0 Å². The van der Waals surface area contributed by atoms with E-state index in [-0.39, 0.29) is 31.2 Å². The summed E-state index contributed by atoms with van der Waals surface area (Å²) in [5.74, 6) is -2.85. The van der Waals surface area contributed by atoms with E-state index in [1.165, 1.54) is 22.9 Å². The molecule has 2 atom stereocenters. The van der Waals surface area contributed by atoms with Crippen molar-refractivity contribution in [3.05, 3.63) is 29.8 Å². The highest BCUT2D eigenvalue weighted by Gasteiger charge is 2.44. The van der Waals surface area contributed by atoms with Gasteiger partial charge in [0.1, 0.15) is 5.60 Å². The fraction of sp³-hybridized carbons (Fsp3) is 0.577. The fourth-order valence-corrected chi connectivity index (χ4v) is 4.07. The van der Waals surface area contributed by atoms with Crippen molar-refractivity contribution in [3.8, 4) is 0 Å². The molecule has 3 amide bonds. The molecule has 208 valence electrons. The van der Waals surface area contributed by atoms with E-state index in [2.05, 4.69) is 0 Å². The molecule has 12 nitrogen and oxygen atoms in total. The molecule has 2 aliphatic rings. The zero-order valence-corrected chi connectivity index (χ0v) is 22.4. The van der Waals surface area contributed by atoms with E-state index in [1.807, 2.05) is 0 Å². The second kappa shape index (κ2) is 12.4. The standard InChI is InChI=1S/C26H35N3O9/c1-17(30)37-22(25(34)38-26(2,3)4)21-24(33)29(11-14-36-21)19-8-6-7-18(15-19)23(32)27(5)16-20(31)28-9-12-35-13-10-28/h6-8,15,21-22H,9-14,16H2,1-5H3/t21-,22-/m1/s1. The quantitative estimate of drug-likeness (QED) is 0.463. The zero-order chi connectivity index (χ0) is 28.0. The Morgan fingerprint density at radius 1 is 1.11 bits per heavy atom. The van der Waals surface area contributed by atoms with Gasteiger partial charge < -0.3 is 33.6 Å². The Balaban J connectivity index is 1.75. The molecular weight excluding hydrogens is 498 g/mol. The number of benzene rings is 1. The van der Waals surface area contributed by atoms with Crippen LogP contribution in [0.1, 0.15) is 38.1 Å². The van der Waals surface area contributed by atoms with Crippen LogP contribution in [0, 0.1) is 0 Å². The van der Waals surface area contributed by atoms with E-state index in [1.54, 1.807) is 43.9 Å². The third kappa shape index (κ3) is 7.51. The van der Waals surface area contributed by atoms with Gasteiger partial charge in [-0.25, -0.2) is 4.79 Å². The van der Waals surface area contributed by atoms with Crippen LogP contribution in [0.3, 0.4) is 0 Å². The van der Waals surface area contributed by atoms with Gasteiger partial charge in [0.2, 0.25) is 12.0 Å². The van der Waals surface area contributed by atoms with E-state index in [9.17, 15) is 24.0 Å². The van der Waals surface area contributed by atoms with Gasteiger partial charge in [-0.05, 0) is 39.0 Å². The molecule has 3 rings (SSSR count). The Bertz CT molecular complexity index is 1060. The molecule has 12 heteroatoms. The summed E-state index contributed by atoms with van der Waals surface area (Å²) < 4.78 is 21.3. The first-order valence-electron chi connectivity index (χ1n) is 12.4. The number of hydrogen-bond donors (Lipinski definition) is 0. The lowest BCUT2D eigenvalue weighted by atomic mass is 10.1. The van der Waals surface area contributed by atoms with Crippen molar-refractivity contribution in [2.75, 3.05) is 57.9 Å². The topological polar surface area (TPSA) is 132 Å². The Morgan fingerprint density at radius 2 is 1.79 bits per heavy atom. The molecule has 1 aromatic rings. The van der Waals surface area contributed by atoms with E-state index in [0.29, 0.717) is 32.0 Å². The lowest BCUT2D eigenvalue weighted by Crippen LogP contribution is -2.56. The largest absolute Gasteiger partial charge is 0.457 e. The second-order valence-corrected chi connectivity index (χ2v) is 10.0. The molecule has 0 radical (unpaired) electrons. The minimum atomic E-state index is -1.59. The van der Waals surface area contributed by atoms with Crippen molar-refractivity contribution in [2.45, 2.75) is 45.5 Å². The first kappa shape index (κ1) is 29.1. The molecule has 0 spiro atoms. The van der Waals surface area contributed by atoms with E-state index in [4.69, 9.17) is 18.9 Å². The summed E-state index contributed by atoms with van der Waals surface area (Å²) in [5.41, 5.74) is -0.205. The number of morpholine rings is 2. The van der Waals surface area contributed by atoms with Gasteiger partial charge in [0, 0.05) is 44.9 Å². The number of likely N-dealkylation sites (N-methyl/N-ethyl adjacent to an activating group) is 1. The average molecular weight is 534 g/mol. The lowest BCUT2D eigenvalue weighted by molar-refractivity contribution is -0.188. The minimum Gasteiger partial charge on any atom is -0.457 e. The van der Waals surface area contributed by atoms with Crippen LogP contribution in [-0.2, 0) is 38.1 Å². The number of ether oxygens (including phenoxy) is 4. The first-order chi connectivity index (χ1) is 17.9. The van der Waals surface area contributed by atoms with Crippen LogP contribution in [0.25, 0.3) is 0 Å². The summed E-state index contributed by atoms with van der Waals surface area (Å²) in [6.07, 6.45) is -3.01. The Labute approximate surface area is 221 Å². The maximum Gasteiger partial charge on any atom is 0.351 e. The number of amides is 3. The molecule has 2 aliphatic heterocycles. The molecule has 0 aliphatic carbocycles. The monoisotopic (exact) mass is 533 g/mol. The van der Waals surface area contributed by atoms with Gasteiger partial charge in [-0.3, -0.25) is 19.2 Å². The third-order valence-corrected chi connectivity index (χ3v) is 5.82. The number of hydrogen-bond acceptors (Lipinski definition) is 9. The first-order valence-corrected chi connectivity index (χ1v) is 12.4. The molecule has 0 unspecified atom stereocenters. The van der Waals surface area contributed by atoms with Gasteiger partial charge in [-0.2, -0.15) is 0 Å². The third-order valence-electron chi connectivity index (χ3n) is 5.82. The SMILES string of the molecule is CC(=O)O[C@@H](C(=O)OC(C)(C)C)[C@H]1OCCN(c2cccc(C(=O)N(C)CC(=O)N3CCOCC3)c2)C1=O. The van der Waals surface area contributed by atoms with Crippen LogP contribution in [0.5, 0.6) is 0 Å². The van der Waals surface area contributed by atoms with Gasteiger partial charge in [-0.15, -0.1) is 0 Å². The smallest absolute Gasteiger partial charge is 0.351 e. The van der Waals surface area contributed by atoms with Gasteiger partial charge in [0.25, 0.3) is 11.8 Å². The van der Waals surface area contributed by atoms with Crippen molar-refractivity contribution in [1.82, 2.24) is 9.80 Å². The number of carbonyl (C=O) groups is 5. The maximum absolute atomic E-state index is 13.4. The van der Waals surface area contributed by atoms with Crippen LogP contribution in [-0.4, -0.2) is 110 Å². The zero-order valence-electron chi connectivity index (χ0n) is 22.4. The normalized spacial score (nSPS) is 19.0. The summed E-state index contributed by atoms with van der Waals surface area (Å²) in [6, 6.07) is 6.39. The predicted octanol–water partition coefficient (Wildman–Crippen LogP) is 0.623. The Morgan fingerprint density at radius 3 is 2.42 bits per heavy atom. The van der Waals surface area contributed by atoms with Crippen LogP contribution in [0.15, 0.2) is 24.3 Å². The molecular formula is C26H35N3O9. The number of nitrogens with zero attached hydrogens (tertiary/aromatic N) is 3. The van der Waals surface area contributed by atoms with Gasteiger partial charge in [0.05, 0.1) is 26.4 Å². The Hall–Kier alpha value is -3.51. The summed E-state index contributed by atoms with van der Waals surface area (Å²) in [6.45, 7) is 8.09. The van der Waals surface area contributed by atoms with Crippen LogP contribution in [0.4, 0.5) is 5.69 Å². The number of carbonyl (C=O) groups excluding carboxylic acids is 5. The molecule has 2 saturated heterocycles. The molecule has 2 fully saturated rings. The van der Waals surface area contributed by atoms with E-state index in [0.717, 1.165) is 6.92 Å². The highest BCUT2D eigenvalue weighted by molar-refractivity contribution is 6.02. The summed E-state index contributed by atoms with van der Waals surface area (Å²) in [7, 11) is 1.54. The second-order valence-electron chi connectivity index (χ2n) is 10.0.